The zero-order valence-corrected chi connectivity index (χ0v) is 25.8. The predicted octanol–water partition coefficient (Wildman–Crippen LogP) is 6.24. The first-order valence-corrected chi connectivity index (χ1v) is 18.4. The molecule has 4 fully saturated rings. The van der Waals surface area contributed by atoms with Crippen LogP contribution in [0.5, 0.6) is 5.75 Å². The van der Waals surface area contributed by atoms with Crippen LogP contribution in [0.2, 0.25) is 0 Å². The van der Waals surface area contributed by atoms with Gasteiger partial charge < -0.3 is 13.7 Å². The highest BCUT2D eigenvalue weighted by molar-refractivity contribution is 7.87. The number of aryl methyl sites for hydroxylation is 1. The van der Waals surface area contributed by atoms with Crippen molar-refractivity contribution in [2.45, 2.75) is 117 Å². The monoisotopic (exact) mass is 624 g/mol. The van der Waals surface area contributed by atoms with Crippen molar-refractivity contribution in [2.24, 2.45) is 0 Å². The molecule has 0 saturated carbocycles. The standard InChI is InChI=1S/C33H36O8S2/c1-19-16-29(42(34,35)36)24-8-4-5-9-25(24)31(19)41-43(37,38)32-27(26-18-22-10-11-28(26)39-22)17-20-6-2-3-7-23(20)30(32)33-14-12-21(40-33)13-15-33/h2-3,6-7,16-17,21-22,26,28H,4-5,8-15,18H2,1H3,(H,34,35,36). The van der Waals surface area contributed by atoms with Crippen molar-refractivity contribution in [3.05, 3.63) is 64.2 Å². The third-order valence-corrected chi connectivity index (χ3v) is 12.8. The average Bonchev–Trinajstić information content (AvgIpc) is 3.79. The normalized spacial score (nSPS) is 29.8. The zero-order valence-electron chi connectivity index (χ0n) is 24.2. The highest BCUT2D eigenvalue weighted by Crippen LogP contribution is 2.56. The van der Waals surface area contributed by atoms with E-state index in [0.29, 0.717) is 35.1 Å². The van der Waals surface area contributed by atoms with Gasteiger partial charge in [-0.05, 0) is 117 Å². The summed E-state index contributed by atoms with van der Waals surface area (Å²) in [6.45, 7) is 1.64. The van der Waals surface area contributed by atoms with Crippen LogP contribution in [0.1, 0.15) is 91.5 Å². The van der Waals surface area contributed by atoms with E-state index in [9.17, 15) is 21.4 Å². The minimum atomic E-state index is -4.49. The molecule has 3 atom stereocenters. The molecule has 10 heteroatoms. The lowest BCUT2D eigenvalue weighted by atomic mass is 9.77. The lowest BCUT2D eigenvalue weighted by Gasteiger charge is -2.32. The van der Waals surface area contributed by atoms with E-state index >= 15 is 0 Å². The molecule has 8 rings (SSSR count). The van der Waals surface area contributed by atoms with Crippen LogP contribution in [0.25, 0.3) is 10.8 Å². The topological polar surface area (TPSA) is 116 Å². The van der Waals surface area contributed by atoms with Crippen molar-refractivity contribution in [1.82, 2.24) is 0 Å². The first-order valence-electron chi connectivity index (χ1n) is 15.5. The molecule has 3 aromatic carbocycles. The third kappa shape index (κ3) is 4.39. The van der Waals surface area contributed by atoms with Gasteiger partial charge in [0.1, 0.15) is 10.6 Å². The second kappa shape index (κ2) is 9.75. The van der Waals surface area contributed by atoms with Crippen LogP contribution in [-0.2, 0) is 48.2 Å². The van der Waals surface area contributed by atoms with Gasteiger partial charge in [-0.1, -0.05) is 24.3 Å². The maximum Gasteiger partial charge on any atom is 0.339 e. The fourth-order valence-electron chi connectivity index (χ4n) is 8.75. The molecule has 4 aliphatic heterocycles. The van der Waals surface area contributed by atoms with E-state index in [4.69, 9.17) is 13.7 Å². The Kier molecular flexibility index (Phi) is 6.35. The molecule has 0 amide bonds. The molecule has 0 radical (unpaired) electrons. The minimum Gasteiger partial charge on any atom is -0.378 e. The van der Waals surface area contributed by atoms with E-state index in [-0.39, 0.29) is 39.8 Å². The molecular weight excluding hydrogens is 588 g/mol. The zero-order chi connectivity index (χ0) is 29.7. The van der Waals surface area contributed by atoms with Crippen molar-refractivity contribution in [3.8, 4) is 5.75 Å². The van der Waals surface area contributed by atoms with Crippen molar-refractivity contribution in [1.29, 1.82) is 0 Å². The number of hydrogen-bond acceptors (Lipinski definition) is 7. The lowest BCUT2D eigenvalue weighted by molar-refractivity contribution is 0.00884. The highest BCUT2D eigenvalue weighted by Gasteiger charge is 2.53. The number of fused-ring (bicyclic) bond motifs is 6. The average molecular weight is 625 g/mol. The van der Waals surface area contributed by atoms with Gasteiger partial charge in [0.05, 0.1) is 28.8 Å². The molecule has 1 N–H and O–H groups in total. The van der Waals surface area contributed by atoms with Crippen LogP contribution in [0.15, 0.2) is 46.2 Å². The first kappa shape index (κ1) is 28.0. The van der Waals surface area contributed by atoms with Gasteiger partial charge in [-0.25, -0.2) is 0 Å². The summed E-state index contributed by atoms with van der Waals surface area (Å²) in [5.41, 5.74) is 2.07. The van der Waals surface area contributed by atoms with Crippen LogP contribution in [-0.4, -0.2) is 39.7 Å². The van der Waals surface area contributed by atoms with E-state index in [1.165, 1.54) is 6.07 Å². The summed E-state index contributed by atoms with van der Waals surface area (Å²) < 4.78 is 83.5. The van der Waals surface area contributed by atoms with E-state index in [1.807, 2.05) is 30.3 Å². The van der Waals surface area contributed by atoms with Crippen LogP contribution in [0.4, 0.5) is 0 Å². The second-order valence-corrected chi connectivity index (χ2v) is 16.0. The van der Waals surface area contributed by atoms with Crippen LogP contribution in [0, 0.1) is 6.92 Å². The van der Waals surface area contributed by atoms with E-state index in [2.05, 4.69) is 0 Å². The number of rotatable bonds is 6. The molecule has 0 aromatic heterocycles. The number of benzene rings is 3. The summed E-state index contributed by atoms with van der Waals surface area (Å²) in [6, 6.07) is 11.3. The second-order valence-electron chi connectivity index (χ2n) is 13.1. The summed E-state index contributed by atoms with van der Waals surface area (Å²) >= 11 is 0. The predicted molar refractivity (Wildman–Crippen MR) is 160 cm³/mol. The van der Waals surface area contributed by atoms with Gasteiger partial charge in [-0.15, -0.1) is 0 Å². The van der Waals surface area contributed by atoms with Gasteiger partial charge in [0.25, 0.3) is 10.1 Å². The summed E-state index contributed by atoms with van der Waals surface area (Å²) in [6.07, 6.45) is 8.52. The van der Waals surface area contributed by atoms with Gasteiger partial charge in [-0.3, -0.25) is 4.55 Å². The molecule has 4 heterocycles. The highest BCUT2D eigenvalue weighted by atomic mass is 32.2. The van der Waals surface area contributed by atoms with Crippen LogP contribution in [0.3, 0.4) is 0 Å². The van der Waals surface area contributed by atoms with E-state index < -0.39 is 25.8 Å². The van der Waals surface area contributed by atoms with Gasteiger partial charge in [0.2, 0.25) is 0 Å². The Balaban J connectivity index is 1.37. The molecule has 228 valence electrons. The SMILES string of the molecule is Cc1cc(S(=O)(=O)O)c2c(c1OS(=O)(=O)c1c(C3CC4CCC3O4)cc3ccccc3c1C13CCC(CC1)O3)CCCC2. The molecule has 3 aromatic rings. The molecular formula is C33H36O8S2. The maximum atomic E-state index is 14.9. The minimum absolute atomic E-state index is 0.0465. The Bertz CT molecular complexity index is 1870. The van der Waals surface area contributed by atoms with Gasteiger partial charge in [0.15, 0.2) is 0 Å². The smallest absolute Gasteiger partial charge is 0.339 e. The molecule has 5 aliphatic rings. The van der Waals surface area contributed by atoms with E-state index in [1.54, 1.807) is 6.92 Å². The van der Waals surface area contributed by atoms with Crippen molar-refractivity contribution in [3.63, 3.8) is 0 Å². The van der Waals surface area contributed by atoms with Crippen molar-refractivity contribution < 1.29 is 35.0 Å². The molecule has 4 bridgehead atoms. The third-order valence-electron chi connectivity index (χ3n) is 10.6. The van der Waals surface area contributed by atoms with Crippen LogP contribution >= 0.6 is 0 Å². The molecule has 8 nitrogen and oxygen atoms in total. The molecule has 1 aliphatic carbocycles. The fourth-order valence-corrected chi connectivity index (χ4v) is 11.2. The van der Waals surface area contributed by atoms with Gasteiger partial charge >= 0.3 is 10.1 Å². The van der Waals surface area contributed by atoms with Crippen LogP contribution < -0.4 is 4.18 Å². The molecule has 3 unspecified atom stereocenters. The Labute approximate surface area is 252 Å². The Morgan fingerprint density at radius 2 is 1.67 bits per heavy atom. The summed E-state index contributed by atoms with van der Waals surface area (Å²) in [4.78, 5) is 0.0311. The molecule has 43 heavy (non-hydrogen) atoms. The fraction of sp³-hybridized carbons (Fsp3) is 0.515. The molecule has 0 spiro atoms. The Morgan fingerprint density at radius 3 is 2.33 bits per heavy atom. The summed E-state index contributed by atoms with van der Waals surface area (Å²) in [5.74, 6) is 0.0906. The summed E-state index contributed by atoms with van der Waals surface area (Å²) in [7, 11) is -8.93. The first-order chi connectivity index (χ1) is 20.5. The van der Waals surface area contributed by atoms with Gasteiger partial charge in [-0.2, -0.15) is 16.8 Å². The van der Waals surface area contributed by atoms with E-state index in [0.717, 1.165) is 74.1 Å². The Morgan fingerprint density at radius 1 is 0.930 bits per heavy atom. The van der Waals surface area contributed by atoms with Gasteiger partial charge in [0, 0.05) is 17.0 Å². The number of ether oxygens (including phenoxy) is 2. The van der Waals surface area contributed by atoms with Crippen molar-refractivity contribution in [2.75, 3.05) is 0 Å². The quantitative estimate of drug-likeness (QED) is 0.253. The maximum absolute atomic E-state index is 14.9. The number of hydrogen-bond donors (Lipinski definition) is 1. The summed E-state index contributed by atoms with van der Waals surface area (Å²) in [5, 5.41) is 1.84. The lowest BCUT2D eigenvalue weighted by Crippen LogP contribution is -2.29. The van der Waals surface area contributed by atoms with Crippen molar-refractivity contribution >= 4 is 31.0 Å². The molecule has 4 saturated heterocycles. The Hall–Kier alpha value is -2.50. The largest absolute Gasteiger partial charge is 0.378 e.